The van der Waals surface area contributed by atoms with Gasteiger partial charge >= 0.3 is 12.1 Å². The van der Waals surface area contributed by atoms with Crippen LogP contribution in [0.2, 0.25) is 0 Å². The summed E-state index contributed by atoms with van der Waals surface area (Å²) in [5.41, 5.74) is -0.528. The first-order valence-electron chi connectivity index (χ1n) is 4.89. The molecule has 1 amide bonds. The number of rotatable bonds is 4. The fourth-order valence-corrected chi connectivity index (χ4v) is 0.942. The maximum atomic E-state index is 11.2. The van der Waals surface area contributed by atoms with Gasteiger partial charge in [0.05, 0.1) is 0 Å². The Morgan fingerprint density at radius 1 is 1.40 bits per heavy atom. The lowest BCUT2D eigenvalue weighted by atomic mass is 10.1. The van der Waals surface area contributed by atoms with Crippen LogP contribution in [0, 0.1) is 5.92 Å². The number of ether oxygens (including phenoxy) is 1. The quantitative estimate of drug-likeness (QED) is 0.750. The highest BCUT2D eigenvalue weighted by Crippen LogP contribution is 2.07. The van der Waals surface area contributed by atoms with Gasteiger partial charge in [-0.2, -0.15) is 0 Å². The van der Waals surface area contributed by atoms with Gasteiger partial charge in [0.2, 0.25) is 0 Å². The molecule has 0 saturated carbocycles. The molecule has 0 aliphatic carbocycles. The van der Waals surface area contributed by atoms with Gasteiger partial charge in [-0.3, -0.25) is 4.79 Å². The Morgan fingerprint density at radius 2 is 1.93 bits per heavy atom. The maximum Gasteiger partial charge on any atom is 0.407 e. The fraction of sp³-hybridized carbons (Fsp3) is 0.800. The summed E-state index contributed by atoms with van der Waals surface area (Å²) in [6.45, 7) is 7.38. The molecule has 0 unspecified atom stereocenters. The van der Waals surface area contributed by atoms with Crippen molar-refractivity contribution in [2.75, 3.05) is 6.54 Å². The maximum absolute atomic E-state index is 11.2. The van der Waals surface area contributed by atoms with E-state index < -0.39 is 17.7 Å². The minimum atomic E-state index is -0.867. The second kappa shape index (κ2) is 5.58. The molecule has 5 nitrogen and oxygen atoms in total. The molecule has 0 aliphatic heterocycles. The normalized spacial score (nSPS) is 13.1. The molecule has 88 valence electrons. The second-order valence-corrected chi connectivity index (χ2v) is 4.59. The van der Waals surface area contributed by atoms with Crippen molar-refractivity contribution in [3.63, 3.8) is 0 Å². The number of hydrogen-bond donors (Lipinski definition) is 2. The van der Waals surface area contributed by atoms with Crippen molar-refractivity contribution in [1.82, 2.24) is 5.32 Å². The Labute approximate surface area is 89.8 Å². The van der Waals surface area contributed by atoms with Gasteiger partial charge in [-0.05, 0) is 26.7 Å². The zero-order chi connectivity index (χ0) is 12.1. The van der Waals surface area contributed by atoms with Crippen molar-refractivity contribution in [1.29, 1.82) is 0 Å². The molecule has 0 aromatic heterocycles. The molecular formula is C10H19NO4. The number of carbonyl (C=O) groups excluding carboxylic acids is 1. The van der Waals surface area contributed by atoms with E-state index in [4.69, 9.17) is 9.84 Å². The van der Waals surface area contributed by atoms with Crippen molar-refractivity contribution >= 4 is 12.1 Å². The van der Waals surface area contributed by atoms with Crippen LogP contribution in [0.25, 0.3) is 0 Å². The number of nitrogens with one attached hydrogen (secondary N) is 1. The Hall–Kier alpha value is -1.26. The molecule has 0 radical (unpaired) electrons. The van der Waals surface area contributed by atoms with E-state index in [-0.39, 0.29) is 12.3 Å². The van der Waals surface area contributed by atoms with E-state index in [9.17, 15) is 9.59 Å². The average Bonchev–Trinajstić information content (AvgIpc) is 1.96. The molecule has 0 fully saturated rings. The monoisotopic (exact) mass is 217 g/mol. The zero-order valence-corrected chi connectivity index (χ0v) is 9.66. The van der Waals surface area contributed by atoms with Crippen LogP contribution in [-0.2, 0) is 9.53 Å². The number of alkyl carbamates (subject to hydrolysis) is 1. The van der Waals surface area contributed by atoms with E-state index in [0.29, 0.717) is 6.54 Å². The van der Waals surface area contributed by atoms with E-state index in [2.05, 4.69) is 5.32 Å². The molecule has 0 aromatic carbocycles. The minimum Gasteiger partial charge on any atom is -0.481 e. The summed E-state index contributed by atoms with van der Waals surface area (Å²) in [7, 11) is 0. The topological polar surface area (TPSA) is 75.6 Å². The summed E-state index contributed by atoms with van der Waals surface area (Å²) in [5.74, 6) is -0.969. The molecular weight excluding hydrogens is 198 g/mol. The summed E-state index contributed by atoms with van der Waals surface area (Å²) in [6.07, 6.45) is -0.477. The summed E-state index contributed by atoms with van der Waals surface area (Å²) < 4.78 is 5.00. The highest BCUT2D eigenvalue weighted by molar-refractivity contribution is 5.68. The predicted octanol–water partition coefficient (Wildman–Crippen LogP) is 1.62. The number of carboxylic acid groups (broad SMARTS) is 1. The Balaban J connectivity index is 3.76. The van der Waals surface area contributed by atoms with Gasteiger partial charge in [-0.25, -0.2) is 4.79 Å². The first-order valence-corrected chi connectivity index (χ1v) is 4.89. The van der Waals surface area contributed by atoms with Gasteiger partial charge in [0.25, 0.3) is 0 Å². The third-order valence-corrected chi connectivity index (χ3v) is 1.52. The van der Waals surface area contributed by atoms with Crippen molar-refractivity contribution < 1.29 is 19.4 Å². The number of aliphatic carboxylic acids is 1. The lowest BCUT2D eigenvalue weighted by molar-refractivity contribution is -0.137. The van der Waals surface area contributed by atoms with Crippen LogP contribution < -0.4 is 5.32 Å². The Bertz CT molecular complexity index is 232. The van der Waals surface area contributed by atoms with E-state index >= 15 is 0 Å². The van der Waals surface area contributed by atoms with Gasteiger partial charge in [0.1, 0.15) is 5.60 Å². The van der Waals surface area contributed by atoms with E-state index in [1.807, 2.05) is 0 Å². The van der Waals surface area contributed by atoms with Gasteiger partial charge in [-0.1, -0.05) is 6.92 Å². The molecule has 0 rings (SSSR count). The van der Waals surface area contributed by atoms with E-state index in [0.717, 1.165) is 0 Å². The minimum absolute atomic E-state index is 0.0375. The largest absolute Gasteiger partial charge is 0.481 e. The van der Waals surface area contributed by atoms with Gasteiger partial charge in [0.15, 0.2) is 0 Å². The lowest BCUT2D eigenvalue weighted by Gasteiger charge is -2.20. The molecule has 0 saturated heterocycles. The Morgan fingerprint density at radius 3 is 2.33 bits per heavy atom. The number of amides is 1. The fourth-order valence-electron chi connectivity index (χ4n) is 0.942. The third-order valence-electron chi connectivity index (χ3n) is 1.52. The highest BCUT2D eigenvalue weighted by Gasteiger charge is 2.16. The molecule has 15 heavy (non-hydrogen) atoms. The van der Waals surface area contributed by atoms with Gasteiger partial charge in [-0.15, -0.1) is 0 Å². The first kappa shape index (κ1) is 13.7. The van der Waals surface area contributed by atoms with Crippen LogP contribution in [0.15, 0.2) is 0 Å². The van der Waals surface area contributed by atoms with E-state index in [1.165, 1.54) is 0 Å². The zero-order valence-electron chi connectivity index (χ0n) is 9.66. The molecule has 1 atom stereocenters. The molecule has 0 spiro atoms. The third kappa shape index (κ3) is 9.05. The molecule has 0 heterocycles. The van der Waals surface area contributed by atoms with Gasteiger partial charge < -0.3 is 15.2 Å². The van der Waals surface area contributed by atoms with Crippen LogP contribution in [0.4, 0.5) is 4.79 Å². The summed E-state index contributed by atoms with van der Waals surface area (Å²) in [4.78, 5) is 21.5. The molecule has 0 aromatic rings. The SMILES string of the molecule is C[C@@H](CNC(=O)OC(C)(C)C)CC(=O)O. The van der Waals surface area contributed by atoms with Crippen molar-refractivity contribution in [3.05, 3.63) is 0 Å². The van der Waals surface area contributed by atoms with Crippen LogP contribution in [-0.4, -0.2) is 29.3 Å². The molecule has 0 bridgehead atoms. The Kier molecular flexibility index (Phi) is 5.11. The summed E-state index contributed by atoms with van der Waals surface area (Å²) in [6, 6.07) is 0. The molecule has 2 N–H and O–H groups in total. The molecule has 0 aliphatic rings. The standard InChI is InChI=1S/C10H19NO4/c1-7(5-8(12)13)6-11-9(14)15-10(2,3)4/h7H,5-6H2,1-4H3,(H,11,14)(H,12,13)/t7-/m1/s1. The van der Waals surface area contributed by atoms with Gasteiger partial charge in [0, 0.05) is 13.0 Å². The first-order chi connectivity index (χ1) is 6.70. The van der Waals surface area contributed by atoms with Crippen LogP contribution in [0.3, 0.4) is 0 Å². The summed E-state index contributed by atoms with van der Waals surface area (Å²) in [5, 5.41) is 11.0. The van der Waals surface area contributed by atoms with Crippen LogP contribution >= 0.6 is 0 Å². The molecule has 5 heteroatoms. The lowest BCUT2D eigenvalue weighted by Crippen LogP contribution is -2.35. The second-order valence-electron chi connectivity index (χ2n) is 4.59. The smallest absolute Gasteiger partial charge is 0.407 e. The van der Waals surface area contributed by atoms with Crippen molar-refractivity contribution in [3.8, 4) is 0 Å². The number of carbonyl (C=O) groups is 2. The number of hydrogen-bond acceptors (Lipinski definition) is 3. The van der Waals surface area contributed by atoms with E-state index in [1.54, 1.807) is 27.7 Å². The average molecular weight is 217 g/mol. The van der Waals surface area contributed by atoms with Crippen LogP contribution in [0.1, 0.15) is 34.1 Å². The summed E-state index contributed by atoms with van der Waals surface area (Å²) >= 11 is 0. The predicted molar refractivity (Wildman–Crippen MR) is 55.7 cm³/mol. The van der Waals surface area contributed by atoms with Crippen molar-refractivity contribution in [2.45, 2.75) is 39.7 Å². The highest BCUT2D eigenvalue weighted by atomic mass is 16.6. The van der Waals surface area contributed by atoms with Crippen molar-refractivity contribution in [2.24, 2.45) is 5.92 Å². The van der Waals surface area contributed by atoms with Crippen LogP contribution in [0.5, 0.6) is 0 Å². The number of carboxylic acids is 1.